The Labute approximate surface area is 242 Å². The lowest BCUT2D eigenvalue weighted by molar-refractivity contribution is -0.152. The number of ether oxygens (including phenoxy) is 2. The van der Waals surface area contributed by atoms with E-state index < -0.39 is 47.1 Å². The van der Waals surface area contributed by atoms with Crippen LogP contribution in [0.15, 0.2) is 102 Å². The molecule has 0 spiro atoms. The van der Waals surface area contributed by atoms with Crippen LogP contribution in [0.3, 0.4) is 0 Å². The molecular weight excluding hydrogens is 542 g/mol. The van der Waals surface area contributed by atoms with Crippen molar-refractivity contribution < 1.29 is 32.6 Å². The highest BCUT2D eigenvalue weighted by Gasteiger charge is 2.51. The molecule has 5 rings (SSSR count). The zero-order valence-electron chi connectivity index (χ0n) is 23.2. The molecule has 1 aliphatic heterocycles. The zero-order chi connectivity index (χ0) is 30.0. The van der Waals surface area contributed by atoms with Gasteiger partial charge >= 0.3 is 11.9 Å². The van der Waals surface area contributed by atoms with Crippen LogP contribution in [0.4, 0.5) is 14.5 Å². The van der Waals surface area contributed by atoms with Gasteiger partial charge in [-0.25, -0.2) is 13.6 Å². The molecule has 0 bridgehead atoms. The molecule has 1 heterocycles. The molecule has 3 aromatic carbocycles. The highest BCUT2D eigenvalue weighted by Crippen LogP contribution is 2.51. The minimum atomic E-state index is -1.27. The van der Waals surface area contributed by atoms with Crippen molar-refractivity contribution in [3.8, 4) is 0 Å². The Bertz CT molecular complexity index is 1600. The van der Waals surface area contributed by atoms with E-state index in [0.717, 1.165) is 0 Å². The fraction of sp³-hybridized carbons (Fsp3) is 0.242. The second-order valence-corrected chi connectivity index (χ2v) is 9.97. The standard InChI is InChI=1S/C33H30F2N2O5/c1-3-41-32(39)27-22(19-11-6-5-7-12-19)18-25-28(30(27)38)26(20-13-10-14-21(34)17-20)29(33(40)42-4-2)31(36)37(25)24-16-9-8-15-23(24)35/h5-17,22,26-27H,3-4,18,36H2,1-2H3/t22-,26+,27+/m1/s1. The van der Waals surface area contributed by atoms with Gasteiger partial charge in [0.25, 0.3) is 0 Å². The fourth-order valence-corrected chi connectivity index (χ4v) is 5.88. The number of rotatable bonds is 7. The van der Waals surface area contributed by atoms with Crippen molar-refractivity contribution in [2.75, 3.05) is 18.1 Å². The predicted molar refractivity (Wildman–Crippen MR) is 152 cm³/mol. The van der Waals surface area contributed by atoms with Gasteiger partial charge in [-0.15, -0.1) is 0 Å². The topological polar surface area (TPSA) is 98.9 Å². The Kier molecular flexibility index (Phi) is 8.20. The number of nitrogens with two attached hydrogens (primary N) is 1. The second-order valence-electron chi connectivity index (χ2n) is 9.97. The van der Waals surface area contributed by atoms with Gasteiger partial charge in [-0.2, -0.15) is 0 Å². The number of carbonyl (C=O) groups excluding carboxylic acids is 3. The minimum absolute atomic E-state index is 0.00738. The van der Waals surface area contributed by atoms with Gasteiger partial charge in [0.15, 0.2) is 5.78 Å². The molecular formula is C33H30F2N2O5. The number of para-hydroxylation sites is 1. The summed E-state index contributed by atoms with van der Waals surface area (Å²) in [7, 11) is 0. The number of halogens is 2. The largest absolute Gasteiger partial charge is 0.465 e. The molecule has 0 aromatic heterocycles. The number of nitrogens with zero attached hydrogens (tertiary/aromatic N) is 1. The van der Waals surface area contributed by atoms with Gasteiger partial charge in [0.05, 0.1) is 30.4 Å². The number of anilines is 1. The summed E-state index contributed by atoms with van der Waals surface area (Å²) < 4.78 is 40.7. The van der Waals surface area contributed by atoms with Gasteiger partial charge in [-0.3, -0.25) is 14.5 Å². The number of hydrogen-bond donors (Lipinski definition) is 1. The first-order valence-corrected chi connectivity index (χ1v) is 13.7. The SMILES string of the molecule is CCOC(=O)C1=C(N)N(c2ccccc2F)C2=C(C(=O)[C@@H](C(=O)OCC)[C@@H](c3ccccc3)C2)[C@@H]1c1cccc(F)c1. The minimum Gasteiger partial charge on any atom is -0.465 e. The van der Waals surface area contributed by atoms with Crippen molar-refractivity contribution in [2.24, 2.45) is 11.7 Å². The number of ketones is 1. The Morgan fingerprint density at radius 2 is 1.57 bits per heavy atom. The van der Waals surface area contributed by atoms with Crippen molar-refractivity contribution in [1.29, 1.82) is 0 Å². The highest BCUT2D eigenvalue weighted by atomic mass is 19.1. The number of esters is 2. The number of carbonyl (C=O) groups is 3. The summed E-state index contributed by atoms with van der Waals surface area (Å²) in [5.41, 5.74) is 7.86. The molecule has 9 heteroatoms. The van der Waals surface area contributed by atoms with Crippen molar-refractivity contribution in [3.63, 3.8) is 0 Å². The number of hydrogen-bond acceptors (Lipinski definition) is 7. The quantitative estimate of drug-likeness (QED) is 0.295. The van der Waals surface area contributed by atoms with Crippen molar-refractivity contribution in [3.05, 3.63) is 124 Å². The number of Topliss-reactive ketones (excluding diaryl/α,β-unsaturated/α-hetero) is 1. The maximum Gasteiger partial charge on any atom is 0.338 e. The molecule has 3 aromatic rings. The first-order chi connectivity index (χ1) is 20.3. The smallest absolute Gasteiger partial charge is 0.338 e. The normalized spacial score (nSPS) is 20.3. The van der Waals surface area contributed by atoms with Crippen LogP contribution in [0.5, 0.6) is 0 Å². The molecule has 0 radical (unpaired) electrons. The van der Waals surface area contributed by atoms with E-state index in [-0.39, 0.29) is 47.9 Å². The van der Waals surface area contributed by atoms with Crippen LogP contribution in [-0.4, -0.2) is 30.9 Å². The van der Waals surface area contributed by atoms with Gasteiger partial charge in [0.1, 0.15) is 23.4 Å². The molecule has 2 N–H and O–H groups in total. The summed E-state index contributed by atoms with van der Waals surface area (Å²) >= 11 is 0. The Hall–Kier alpha value is -4.79. The lowest BCUT2D eigenvalue weighted by atomic mass is 9.67. The molecule has 42 heavy (non-hydrogen) atoms. The molecule has 1 aliphatic carbocycles. The van der Waals surface area contributed by atoms with Gasteiger partial charge < -0.3 is 15.2 Å². The van der Waals surface area contributed by atoms with Crippen molar-refractivity contribution in [2.45, 2.75) is 32.1 Å². The van der Waals surface area contributed by atoms with E-state index in [1.807, 2.05) is 6.07 Å². The first-order valence-electron chi connectivity index (χ1n) is 13.7. The summed E-state index contributed by atoms with van der Waals surface area (Å²) in [5, 5.41) is 0. The van der Waals surface area contributed by atoms with Gasteiger partial charge in [0.2, 0.25) is 0 Å². The third-order valence-corrected chi connectivity index (χ3v) is 7.58. The second kappa shape index (κ2) is 12.0. The van der Waals surface area contributed by atoms with Gasteiger partial charge in [0, 0.05) is 17.2 Å². The van der Waals surface area contributed by atoms with E-state index in [0.29, 0.717) is 11.3 Å². The number of benzene rings is 3. The zero-order valence-corrected chi connectivity index (χ0v) is 23.2. The van der Waals surface area contributed by atoms with Crippen LogP contribution in [0, 0.1) is 17.6 Å². The van der Waals surface area contributed by atoms with Crippen LogP contribution in [0.2, 0.25) is 0 Å². The summed E-state index contributed by atoms with van der Waals surface area (Å²) in [5.74, 6) is -6.71. The maximum atomic E-state index is 15.4. The summed E-state index contributed by atoms with van der Waals surface area (Å²) in [6.07, 6.45) is 0.0749. The van der Waals surface area contributed by atoms with Crippen LogP contribution < -0.4 is 10.6 Å². The number of allylic oxidation sites excluding steroid dienone is 2. The average molecular weight is 573 g/mol. The lowest BCUT2D eigenvalue weighted by Gasteiger charge is -2.44. The molecule has 3 atom stereocenters. The van der Waals surface area contributed by atoms with E-state index >= 15 is 4.39 Å². The first kappa shape index (κ1) is 28.7. The molecule has 0 saturated heterocycles. The third-order valence-electron chi connectivity index (χ3n) is 7.58. The average Bonchev–Trinajstić information content (AvgIpc) is 2.97. The van der Waals surface area contributed by atoms with Crippen LogP contribution in [0.1, 0.15) is 43.2 Å². The summed E-state index contributed by atoms with van der Waals surface area (Å²) in [6, 6.07) is 20.3. The molecule has 0 unspecified atom stereocenters. The van der Waals surface area contributed by atoms with Crippen LogP contribution in [-0.2, 0) is 23.9 Å². The van der Waals surface area contributed by atoms with E-state index in [2.05, 4.69) is 0 Å². The van der Waals surface area contributed by atoms with Gasteiger partial charge in [-0.1, -0.05) is 54.6 Å². The van der Waals surface area contributed by atoms with E-state index in [1.54, 1.807) is 50.2 Å². The Balaban J connectivity index is 1.84. The third kappa shape index (κ3) is 5.06. The molecule has 0 amide bonds. The molecule has 7 nitrogen and oxygen atoms in total. The highest BCUT2D eigenvalue weighted by molar-refractivity contribution is 6.14. The predicted octanol–water partition coefficient (Wildman–Crippen LogP) is 5.49. The fourth-order valence-electron chi connectivity index (χ4n) is 5.88. The van der Waals surface area contributed by atoms with Crippen molar-refractivity contribution in [1.82, 2.24) is 0 Å². The monoisotopic (exact) mass is 572 g/mol. The molecule has 0 saturated carbocycles. The Morgan fingerprint density at radius 1 is 0.905 bits per heavy atom. The summed E-state index contributed by atoms with van der Waals surface area (Å²) in [4.78, 5) is 42.9. The van der Waals surface area contributed by atoms with E-state index in [4.69, 9.17) is 15.2 Å². The lowest BCUT2D eigenvalue weighted by Crippen LogP contribution is -2.46. The van der Waals surface area contributed by atoms with Crippen molar-refractivity contribution >= 4 is 23.4 Å². The molecule has 2 aliphatic rings. The maximum absolute atomic E-state index is 15.4. The van der Waals surface area contributed by atoms with E-state index in [9.17, 15) is 18.8 Å². The Morgan fingerprint density at radius 3 is 2.24 bits per heavy atom. The van der Waals surface area contributed by atoms with Crippen LogP contribution >= 0.6 is 0 Å². The molecule has 216 valence electrons. The van der Waals surface area contributed by atoms with E-state index in [1.165, 1.54) is 41.3 Å². The van der Waals surface area contributed by atoms with Gasteiger partial charge in [-0.05, 0) is 55.7 Å². The molecule has 0 fully saturated rings. The van der Waals surface area contributed by atoms with Crippen LogP contribution in [0.25, 0.3) is 0 Å². The summed E-state index contributed by atoms with van der Waals surface area (Å²) in [6.45, 7) is 3.30.